The first-order valence-corrected chi connectivity index (χ1v) is 11.0. The molecule has 0 radical (unpaired) electrons. The van der Waals surface area contributed by atoms with E-state index in [0.717, 1.165) is 36.5 Å². The smallest absolute Gasteiger partial charge is 0.180 e. The van der Waals surface area contributed by atoms with Crippen LogP contribution >= 0.6 is 0 Å². The fourth-order valence-corrected chi connectivity index (χ4v) is 4.01. The Labute approximate surface area is 184 Å². The molecule has 168 valence electrons. The van der Waals surface area contributed by atoms with Gasteiger partial charge in [0.2, 0.25) is 0 Å². The second-order valence-corrected chi connectivity index (χ2v) is 9.51. The van der Waals surface area contributed by atoms with E-state index < -0.39 is 6.23 Å². The number of fused-ring (bicyclic) bond motifs is 1. The molecule has 1 aliphatic heterocycles. The largest absolute Gasteiger partial charge is 0.485 e. The molecule has 8 heteroatoms. The molecule has 1 fully saturated rings. The first-order valence-electron chi connectivity index (χ1n) is 11.0. The molecule has 1 unspecified atom stereocenters. The van der Waals surface area contributed by atoms with Gasteiger partial charge in [-0.1, -0.05) is 0 Å². The van der Waals surface area contributed by atoms with Crippen LogP contribution < -0.4 is 15.0 Å². The van der Waals surface area contributed by atoms with Crippen LogP contribution in [-0.4, -0.2) is 64.2 Å². The molecule has 1 aliphatic carbocycles. The Morgan fingerprint density at radius 2 is 2.13 bits per heavy atom. The number of anilines is 1. The number of aryl methyl sites for hydroxylation is 1. The van der Waals surface area contributed by atoms with E-state index in [9.17, 15) is 5.11 Å². The number of rotatable bonds is 7. The molecule has 4 rings (SSSR count). The number of pyridine rings is 1. The lowest BCUT2D eigenvalue weighted by Crippen LogP contribution is -2.48. The standard InChI is InChI=1S/C23H33N5O3/c1-14-19(13-30-14)31-15-9-10-24-18(11-15)21-25-17-8-6-7-16(17)22(26-21)28(5)12-20(29)27-23(2,3)4/h9-11,14,19-20,27,29H,6-8,12-13H2,1-5H3/t14-,19+,20?/m1/s1. The lowest BCUT2D eigenvalue weighted by atomic mass is 10.1. The molecule has 0 aromatic carbocycles. The second kappa shape index (κ2) is 8.68. The Morgan fingerprint density at radius 3 is 2.81 bits per heavy atom. The fraction of sp³-hybridized carbons (Fsp3) is 0.609. The topological polar surface area (TPSA) is 92.6 Å². The quantitative estimate of drug-likeness (QED) is 0.651. The van der Waals surface area contributed by atoms with Crippen molar-refractivity contribution < 1.29 is 14.6 Å². The highest BCUT2D eigenvalue weighted by Gasteiger charge is 2.30. The molecule has 0 bridgehead atoms. The average molecular weight is 428 g/mol. The zero-order valence-corrected chi connectivity index (χ0v) is 19.1. The van der Waals surface area contributed by atoms with Crippen molar-refractivity contribution in [3.05, 3.63) is 29.6 Å². The Balaban J connectivity index is 1.58. The lowest BCUT2D eigenvalue weighted by molar-refractivity contribution is -0.139. The number of aliphatic hydroxyl groups is 1. The van der Waals surface area contributed by atoms with E-state index in [4.69, 9.17) is 19.4 Å². The highest BCUT2D eigenvalue weighted by atomic mass is 16.6. The number of hydrogen-bond acceptors (Lipinski definition) is 8. The summed E-state index contributed by atoms with van der Waals surface area (Å²) in [5, 5.41) is 13.7. The van der Waals surface area contributed by atoms with E-state index in [2.05, 4.69) is 10.3 Å². The van der Waals surface area contributed by atoms with E-state index in [1.54, 1.807) is 6.20 Å². The summed E-state index contributed by atoms with van der Waals surface area (Å²) >= 11 is 0. The Kier molecular flexibility index (Phi) is 6.14. The molecular weight excluding hydrogens is 394 g/mol. The van der Waals surface area contributed by atoms with Crippen LogP contribution in [0.3, 0.4) is 0 Å². The van der Waals surface area contributed by atoms with E-state index in [0.29, 0.717) is 24.7 Å². The number of ether oxygens (including phenoxy) is 2. The van der Waals surface area contributed by atoms with Gasteiger partial charge in [0.25, 0.3) is 0 Å². The summed E-state index contributed by atoms with van der Waals surface area (Å²) in [5.41, 5.74) is 2.75. The molecule has 3 heterocycles. The van der Waals surface area contributed by atoms with Crippen molar-refractivity contribution in [2.75, 3.05) is 25.1 Å². The summed E-state index contributed by atoms with van der Waals surface area (Å²) in [7, 11) is 1.96. The summed E-state index contributed by atoms with van der Waals surface area (Å²) in [5.74, 6) is 2.19. The monoisotopic (exact) mass is 427 g/mol. The molecular formula is C23H33N5O3. The normalized spacial score (nSPS) is 21.4. The van der Waals surface area contributed by atoms with E-state index in [1.807, 2.05) is 51.8 Å². The van der Waals surface area contributed by atoms with Gasteiger partial charge in [0.15, 0.2) is 5.82 Å². The molecule has 2 aromatic heterocycles. The van der Waals surface area contributed by atoms with Gasteiger partial charge in [-0.3, -0.25) is 10.3 Å². The highest BCUT2D eigenvalue weighted by molar-refractivity contribution is 5.59. The van der Waals surface area contributed by atoms with Gasteiger partial charge in [-0.2, -0.15) is 0 Å². The van der Waals surface area contributed by atoms with E-state index >= 15 is 0 Å². The maximum Gasteiger partial charge on any atom is 0.180 e. The predicted octanol–water partition coefficient (Wildman–Crippen LogP) is 2.34. The van der Waals surface area contributed by atoms with Crippen LogP contribution in [0.1, 0.15) is 45.4 Å². The number of aromatic nitrogens is 3. The van der Waals surface area contributed by atoms with Crippen molar-refractivity contribution >= 4 is 5.82 Å². The molecule has 2 aliphatic rings. The molecule has 2 N–H and O–H groups in total. The van der Waals surface area contributed by atoms with Crippen molar-refractivity contribution in [2.45, 2.75) is 70.9 Å². The Hall–Kier alpha value is -2.29. The van der Waals surface area contributed by atoms with Crippen LogP contribution in [0.4, 0.5) is 5.82 Å². The molecule has 0 spiro atoms. The first kappa shape index (κ1) is 21.9. The van der Waals surface area contributed by atoms with Crippen LogP contribution in [0.5, 0.6) is 5.75 Å². The maximum atomic E-state index is 10.5. The van der Waals surface area contributed by atoms with Gasteiger partial charge in [-0.15, -0.1) is 0 Å². The predicted molar refractivity (Wildman–Crippen MR) is 119 cm³/mol. The van der Waals surface area contributed by atoms with Crippen molar-refractivity contribution in [3.63, 3.8) is 0 Å². The van der Waals surface area contributed by atoms with E-state index in [1.165, 1.54) is 5.56 Å². The third kappa shape index (κ3) is 5.14. The zero-order chi connectivity index (χ0) is 22.2. The first-order chi connectivity index (χ1) is 14.7. The van der Waals surface area contributed by atoms with E-state index in [-0.39, 0.29) is 17.7 Å². The van der Waals surface area contributed by atoms with Gasteiger partial charge >= 0.3 is 0 Å². The van der Waals surface area contributed by atoms with Gasteiger partial charge in [0.05, 0.1) is 19.3 Å². The van der Waals surface area contributed by atoms with Gasteiger partial charge in [0.1, 0.15) is 29.6 Å². The van der Waals surface area contributed by atoms with Gasteiger partial charge in [-0.25, -0.2) is 9.97 Å². The number of aliphatic hydroxyl groups excluding tert-OH is 1. The summed E-state index contributed by atoms with van der Waals surface area (Å²) in [4.78, 5) is 16.2. The van der Waals surface area contributed by atoms with Crippen molar-refractivity contribution in [1.82, 2.24) is 20.3 Å². The molecule has 31 heavy (non-hydrogen) atoms. The minimum absolute atomic E-state index is 0.0645. The fourth-order valence-electron chi connectivity index (χ4n) is 4.01. The average Bonchev–Trinajstić information content (AvgIpc) is 3.17. The minimum Gasteiger partial charge on any atom is -0.485 e. The van der Waals surface area contributed by atoms with Gasteiger partial charge in [-0.05, 0) is 53.0 Å². The van der Waals surface area contributed by atoms with Crippen LogP contribution in [0.15, 0.2) is 18.3 Å². The molecule has 0 saturated carbocycles. The maximum absolute atomic E-state index is 10.5. The summed E-state index contributed by atoms with van der Waals surface area (Å²) in [6.45, 7) is 9.14. The molecule has 2 aromatic rings. The third-order valence-electron chi connectivity index (χ3n) is 5.61. The Morgan fingerprint density at radius 1 is 1.32 bits per heavy atom. The highest BCUT2D eigenvalue weighted by Crippen LogP contribution is 2.31. The summed E-state index contributed by atoms with van der Waals surface area (Å²) in [6.07, 6.45) is 4.17. The second-order valence-electron chi connectivity index (χ2n) is 9.51. The molecule has 3 atom stereocenters. The molecule has 1 saturated heterocycles. The number of hydrogen-bond donors (Lipinski definition) is 2. The zero-order valence-electron chi connectivity index (χ0n) is 19.1. The van der Waals surface area contributed by atoms with Gasteiger partial charge in [0, 0.05) is 36.1 Å². The van der Waals surface area contributed by atoms with Crippen LogP contribution in [0.25, 0.3) is 11.5 Å². The summed E-state index contributed by atoms with van der Waals surface area (Å²) < 4.78 is 11.4. The van der Waals surface area contributed by atoms with Crippen LogP contribution in [0, 0.1) is 0 Å². The van der Waals surface area contributed by atoms with Crippen molar-refractivity contribution in [3.8, 4) is 17.3 Å². The van der Waals surface area contributed by atoms with Crippen LogP contribution in [-0.2, 0) is 17.6 Å². The van der Waals surface area contributed by atoms with Crippen molar-refractivity contribution in [2.24, 2.45) is 0 Å². The van der Waals surface area contributed by atoms with Crippen LogP contribution in [0.2, 0.25) is 0 Å². The van der Waals surface area contributed by atoms with Crippen molar-refractivity contribution in [1.29, 1.82) is 0 Å². The number of likely N-dealkylation sites (N-methyl/N-ethyl adjacent to an activating group) is 1. The minimum atomic E-state index is -0.665. The Bertz CT molecular complexity index is 930. The lowest BCUT2D eigenvalue weighted by Gasteiger charge is -2.34. The SMILES string of the molecule is C[C@H]1OC[C@@H]1Oc1ccnc(-c2nc3c(c(N(C)CC(O)NC(C)(C)C)n2)CCC3)c1. The molecule has 0 amide bonds. The number of nitrogens with zero attached hydrogens (tertiary/aromatic N) is 4. The summed E-state index contributed by atoms with van der Waals surface area (Å²) in [6, 6.07) is 3.74. The number of nitrogens with one attached hydrogen (secondary N) is 1. The van der Waals surface area contributed by atoms with Gasteiger partial charge < -0.3 is 19.5 Å². The third-order valence-corrected chi connectivity index (χ3v) is 5.61. The molecule has 8 nitrogen and oxygen atoms in total.